The van der Waals surface area contributed by atoms with E-state index in [0.29, 0.717) is 17.4 Å². The molecular weight excluding hydrogens is 737 g/mol. The quantitative estimate of drug-likeness (QED) is 0.0280. The smallest absolute Gasteiger partial charge is 0.462 e. The van der Waals surface area contributed by atoms with Gasteiger partial charge in [-0.05, 0) is 12.8 Å². The number of hydrogen-bond acceptors (Lipinski definition) is 7. The molecule has 0 radical (unpaired) electrons. The van der Waals surface area contributed by atoms with Gasteiger partial charge in [-0.3, -0.25) is 18.6 Å². The first-order chi connectivity index (χ1) is 27.5. The summed E-state index contributed by atoms with van der Waals surface area (Å²) in [5.74, 6) is -0.781. The summed E-state index contributed by atoms with van der Waals surface area (Å²) < 4.78 is 34.4. The monoisotopic (exact) mass is 833 g/mol. The first-order valence-corrected chi connectivity index (χ1v) is 25.8. The molecule has 0 saturated carbocycles. The normalized spacial score (nSPS) is 13.4. The molecule has 0 aromatic carbocycles. The van der Waals surface area contributed by atoms with Gasteiger partial charge in [0.1, 0.15) is 19.8 Å². The molecule has 0 aromatic heterocycles. The van der Waals surface area contributed by atoms with Crippen molar-refractivity contribution >= 4 is 19.8 Å². The number of hydrogen-bond donors (Lipinski definition) is 1. The Morgan fingerprint density at radius 1 is 0.474 bits per heavy atom. The van der Waals surface area contributed by atoms with E-state index in [0.717, 1.165) is 38.5 Å². The van der Waals surface area contributed by atoms with Crippen LogP contribution in [0.1, 0.15) is 239 Å². The van der Waals surface area contributed by atoms with Crippen LogP contribution >= 0.6 is 7.82 Å². The average Bonchev–Trinajstić information content (AvgIpc) is 3.16. The summed E-state index contributed by atoms with van der Waals surface area (Å²) >= 11 is 0. The van der Waals surface area contributed by atoms with Crippen LogP contribution in [0.2, 0.25) is 0 Å². The van der Waals surface area contributed by atoms with Gasteiger partial charge in [-0.25, -0.2) is 4.57 Å². The minimum atomic E-state index is -4.37. The number of rotatable bonds is 45. The highest BCUT2D eigenvalue weighted by Gasteiger charge is 2.27. The van der Waals surface area contributed by atoms with Gasteiger partial charge in [-0.1, -0.05) is 213 Å². The van der Waals surface area contributed by atoms with E-state index in [1.165, 1.54) is 173 Å². The number of esters is 2. The van der Waals surface area contributed by atoms with Crippen molar-refractivity contribution in [1.82, 2.24) is 0 Å². The maximum atomic E-state index is 12.7. The van der Waals surface area contributed by atoms with E-state index in [-0.39, 0.29) is 25.6 Å². The summed E-state index contributed by atoms with van der Waals surface area (Å²) in [5, 5.41) is 0. The Kier molecular flexibility index (Phi) is 39.7. The van der Waals surface area contributed by atoms with Gasteiger partial charge in [0, 0.05) is 12.8 Å². The van der Waals surface area contributed by atoms with E-state index in [9.17, 15) is 19.0 Å². The van der Waals surface area contributed by atoms with Gasteiger partial charge in [-0.15, -0.1) is 0 Å². The van der Waals surface area contributed by atoms with Gasteiger partial charge in [0.15, 0.2) is 6.10 Å². The zero-order valence-electron chi connectivity index (χ0n) is 38.4. The van der Waals surface area contributed by atoms with E-state index in [4.69, 9.17) is 18.5 Å². The number of ether oxygens (including phenoxy) is 2. The Morgan fingerprint density at radius 3 is 1.12 bits per heavy atom. The van der Waals surface area contributed by atoms with Gasteiger partial charge in [-0.2, -0.15) is 0 Å². The van der Waals surface area contributed by atoms with Crippen LogP contribution in [0, 0.1) is 0 Å². The maximum absolute atomic E-state index is 12.7. The highest BCUT2D eigenvalue weighted by Crippen LogP contribution is 2.43. The van der Waals surface area contributed by atoms with Crippen molar-refractivity contribution in [2.45, 2.75) is 245 Å². The fraction of sp³-hybridized carbons (Fsp3) is 0.957. The third-order valence-electron chi connectivity index (χ3n) is 10.9. The number of carbonyl (C=O) groups excluding carboxylic acids is 2. The van der Waals surface area contributed by atoms with Gasteiger partial charge in [0.2, 0.25) is 0 Å². The molecule has 0 amide bonds. The Balaban J connectivity index is 4.22. The van der Waals surface area contributed by atoms with Gasteiger partial charge >= 0.3 is 19.8 Å². The van der Waals surface area contributed by atoms with Gasteiger partial charge < -0.3 is 18.9 Å². The minimum Gasteiger partial charge on any atom is -0.462 e. The molecule has 0 spiro atoms. The lowest BCUT2D eigenvalue weighted by molar-refractivity contribution is -0.870. The summed E-state index contributed by atoms with van der Waals surface area (Å²) in [6.45, 7) is 4.47. The van der Waals surface area contributed by atoms with E-state index < -0.39 is 26.5 Å². The first-order valence-electron chi connectivity index (χ1n) is 24.3. The Bertz CT molecular complexity index is 943. The molecule has 0 aliphatic rings. The van der Waals surface area contributed by atoms with Crippen LogP contribution in [-0.4, -0.2) is 74.9 Å². The average molecular weight is 833 g/mol. The molecular formula is C47H95NO8P+. The number of unbranched alkanes of at least 4 members (excludes halogenated alkanes) is 31. The highest BCUT2D eigenvalue weighted by atomic mass is 31.2. The van der Waals surface area contributed by atoms with Crippen LogP contribution < -0.4 is 0 Å². The van der Waals surface area contributed by atoms with E-state index in [1.807, 2.05) is 21.1 Å². The van der Waals surface area contributed by atoms with Crippen LogP contribution in [0.3, 0.4) is 0 Å². The number of phosphoric ester groups is 1. The van der Waals surface area contributed by atoms with Crippen LogP contribution in [0.4, 0.5) is 0 Å². The molecule has 10 heteroatoms. The fourth-order valence-electron chi connectivity index (χ4n) is 7.08. The number of carbonyl (C=O) groups is 2. The SMILES string of the molecule is CCCCCCCCCCCCCCCCCCCCCCC(=O)OC(COC(=O)CCCCCCCCCCCCCCC)COP(=O)(O)OCC[N+](C)(C)C. The van der Waals surface area contributed by atoms with Crippen LogP contribution in [0.5, 0.6) is 0 Å². The zero-order valence-corrected chi connectivity index (χ0v) is 39.2. The number of phosphoric acid groups is 1. The molecule has 340 valence electrons. The Labute approximate surface area is 353 Å². The summed E-state index contributed by atoms with van der Waals surface area (Å²) in [4.78, 5) is 35.4. The summed E-state index contributed by atoms with van der Waals surface area (Å²) in [6.07, 6.45) is 41.5. The molecule has 0 aliphatic heterocycles. The standard InChI is InChI=1S/C47H94NO8P/c1-6-8-10-12-14-16-18-20-21-22-23-24-25-26-28-30-32-34-36-38-40-47(50)56-45(44-55-57(51,52)54-42-41-48(3,4)5)43-53-46(49)39-37-35-33-31-29-27-19-17-15-13-11-9-7-2/h45H,6-44H2,1-5H3/p+1. The first kappa shape index (κ1) is 56.0. The summed E-state index contributed by atoms with van der Waals surface area (Å²) in [5.41, 5.74) is 0. The number of nitrogens with zero attached hydrogens (tertiary/aromatic N) is 1. The molecule has 2 unspecified atom stereocenters. The largest absolute Gasteiger partial charge is 0.472 e. The Hall–Kier alpha value is -0.990. The predicted molar refractivity (Wildman–Crippen MR) is 238 cm³/mol. The summed E-state index contributed by atoms with van der Waals surface area (Å²) in [7, 11) is 1.50. The van der Waals surface area contributed by atoms with E-state index in [1.54, 1.807) is 0 Å². The molecule has 57 heavy (non-hydrogen) atoms. The fourth-order valence-corrected chi connectivity index (χ4v) is 7.82. The highest BCUT2D eigenvalue weighted by molar-refractivity contribution is 7.47. The zero-order chi connectivity index (χ0) is 42.1. The third kappa shape index (κ3) is 44.4. The van der Waals surface area contributed by atoms with Crippen LogP contribution in [0.25, 0.3) is 0 Å². The molecule has 9 nitrogen and oxygen atoms in total. The second-order valence-electron chi connectivity index (χ2n) is 17.9. The minimum absolute atomic E-state index is 0.0370. The Morgan fingerprint density at radius 2 is 0.789 bits per heavy atom. The predicted octanol–water partition coefficient (Wildman–Crippen LogP) is 14.0. The molecule has 0 heterocycles. The summed E-state index contributed by atoms with van der Waals surface area (Å²) in [6, 6.07) is 0. The molecule has 0 rings (SSSR count). The number of quaternary nitrogens is 1. The second kappa shape index (κ2) is 40.4. The lowest BCUT2D eigenvalue weighted by Gasteiger charge is -2.24. The topological polar surface area (TPSA) is 108 Å². The van der Waals surface area contributed by atoms with Gasteiger partial charge in [0.05, 0.1) is 27.7 Å². The molecule has 0 aromatic rings. The van der Waals surface area contributed by atoms with Crippen molar-refractivity contribution < 1.29 is 42.1 Å². The number of likely N-dealkylation sites (N-methyl/N-ethyl adjacent to an activating group) is 1. The van der Waals surface area contributed by atoms with Crippen LogP contribution in [0.15, 0.2) is 0 Å². The molecule has 0 saturated heterocycles. The van der Waals surface area contributed by atoms with E-state index >= 15 is 0 Å². The molecule has 0 fully saturated rings. The third-order valence-corrected chi connectivity index (χ3v) is 11.9. The van der Waals surface area contributed by atoms with Crippen molar-refractivity contribution in [3.8, 4) is 0 Å². The lowest BCUT2D eigenvalue weighted by atomic mass is 10.0. The van der Waals surface area contributed by atoms with Crippen molar-refractivity contribution in [1.29, 1.82) is 0 Å². The molecule has 0 aliphatic carbocycles. The van der Waals surface area contributed by atoms with Crippen LogP contribution in [-0.2, 0) is 32.7 Å². The van der Waals surface area contributed by atoms with Crippen molar-refractivity contribution in [2.75, 3.05) is 47.5 Å². The van der Waals surface area contributed by atoms with E-state index in [2.05, 4.69) is 13.8 Å². The van der Waals surface area contributed by atoms with Crippen molar-refractivity contribution in [3.63, 3.8) is 0 Å². The molecule has 1 N–H and O–H groups in total. The van der Waals surface area contributed by atoms with Crippen molar-refractivity contribution in [2.24, 2.45) is 0 Å². The maximum Gasteiger partial charge on any atom is 0.472 e. The lowest BCUT2D eigenvalue weighted by Crippen LogP contribution is -2.37. The van der Waals surface area contributed by atoms with Gasteiger partial charge in [0.25, 0.3) is 0 Å². The molecule has 2 atom stereocenters. The second-order valence-corrected chi connectivity index (χ2v) is 19.3. The van der Waals surface area contributed by atoms with Crippen molar-refractivity contribution in [3.05, 3.63) is 0 Å². The molecule has 0 bridgehead atoms.